The summed E-state index contributed by atoms with van der Waals surface area (Å²) in [7, 11) is -1.94. The van der Waals surface area contributed by atoms with Gasteiger partial charge in [0.05, 0.1) is 4.90 Å². The Morgan fingerprint density at radius 3 is 2.39 bits per heavy atom. The molecule has 0 spiro atoms. The van der Waals surface area contributed by atoms with Crippen LogP contribution in [0.25, 0.3) is 0 Å². The van der Waals surface area contributed by atoms with Gasteiger partial charge in [-0.1, -0.05) is 20.8 Å². The molecule has 102 valence electrons. The number of halogens is 1. The molecule has 6 heteroatoms. The van der Waals surface area contributed by atoms with Gasteiger partial charge in [0, 0.05) is 23.8 Å². The van der Waals surface area contributed by atoms with Crippen molar-refractivity contribution in [2.75, 3.05) is 19.3 Å². The number of nitrogen functional groups attached to an aromatic ring is 1. The minimum atomic E-state index is -3.52. The van der Waals surface area contributed by atoms with Gasteiger partial charge in [-0.3, -0.25) is 0 Å². The van der Waals surface area contributed by atoms with E-state index in [2.05, 4.69) is 15.9 Å². The summed E-state index contributed by atoms with van der Waals surface area (Å²) in [4.78, 5) is 0.203. The highest BCUT2D eigenvalue weighted by molar-refractivity contribution is 9.10. The van der Waals surface area contributed by atoms with Crippen molar-refractivity contribution in [3.8, 4) is 0 Å². The molecule has 0 aliphatic heterocycles. The Balaban J connectivity index is 3.17. The lowest BCUT2D eigenvalue weighted by Crippen LogP contribution is -2.34. The van der Waals surface area contributed by atoms with Crippen molar-refractivity contribution in [3.63, 3.8) is 0 Å². The van der Waals surface area contributed by atoms with E-state index in [-0.39, 0.29) is 10.3 Å². The zero-order valence-corrected chi connectivity index (χ0v) is 13.5. The highest BCUT2D eigenvalue weighted by atomic mass is 79.9. The second-order valence-corrected chi connectivity index (χ2v) is 8.38. The van der Waals surface area contributed by atoms with Crippen molar-refractivity contribution in [2.45, 2.75) is 25.7 Å². The van der Waals surface area contributed by atoms with Crippen LogP contribution in [0.15, 0.2) is 27.6 Å². The molecule has 0 saturated carbocycles. The SMILES string of the molecule is CN(CC(C)(C)C)S(=O)(=O)c1cc(N)ccc1Br. The molecule has 1 rings (SSSR count). The maximum absolute atomic E-state index is 12.4. The summed E-state index contributed by atoms with van der Waals surface area (Å²) in [6.07, 6.45) is 0. The smallest absolute Gasteiger partial charge is 0.244 e. The molecule has 0 aromatic heterocycles. The zero-order valence-electron chi connectivity index (χ0n) is 11.1. The van der Waals surface area contributed by atoms with Gasteiger partial charge in [0.2, 0.25) is 10.0 Å². The van der Waals surface area contributed by atoms with Gasteiger partial charge in [0.25, 0.3) is 0 Å². The first-order valence-corrected chi connectivity index (χ1v) is 7.79. The van der Waals surface area contributed by atoms with Crippen molar-refractivity contribution < 1.29 is 8.42 Å². The van der Waals surface area contributed by atoms with E-state index in [1.165, 1.54) is 10.4 Å². The first-order valence-electron chi connectivity index (χ1n) is 5.55. The lowest BCUT2D eigenvalue weighted by molar-refractivity contribution is 0.310. The van der Waals surface area contributed by atoms with E-state index < -0.39 is 10.0 Å². The molecule has 18 heavy (non-hydrogen) atoms. The summed E-state index contributed by atoms with van der Waals surface area (Å²) < 4.78 is 26.7. The minimum Gasteiger partial charge on any atom is -0.399 e. The molecule has 0 bridgehead atoms. The van der Waals surface area contributed by atoms with Crippen LogP contribution < -0.4 is 5.73 Å². The summed E-state index contributed by atoms with van der Waals surface area (Å²) in [6.45, 7) is 6.42. The molecule has 0 aliphatic carbocycles. The summed E-state index contributed by atoms with van der Waals surface area (Å²) in [5.41, 5.74) is 5.98. The van der Waals surface area contributed by atoms with E-state index >= 15 is 0 Å². The average molecular weight is 335 g/mol. The Bertz CT molecular complexity index is 535. The van der Waals surface area contributed by atoms with Crippen molar-refractivity contribution in [3.05, 3.63) is 22.7 Å². The standard InChI is InChI=1S/C12H19BrN2O2S/c1-12(2,3)8-15(4)18(16,17)11-7-9(14)5-6-10(11)13/h5-7H,8,14H2,1-4H3. The zero-order chi connectivity index (χ0) is 14.1. The molecule has 0 unspecified atom stereocenters. The van der Waals surface area contributed by atoms with Crippen molar-refractivity contribution in [2.24, 2.45) is 5.41 Å². The summed E-state index contributed by atoms with van der Waals surface area (Å²) in [6, 6.07) is 4.78. The summed E-state index contributed by atoms with van der Waals surface area (Å²) >= 11 is 3.25. The number of rotatable bonds is 3. The first-order chi connectivity index (χ1) is 8.04. The van der Waals surface area contributed by atoms with Crippen molar-refractivity contribution in [1.29, 1.82) is 0 Å². The molecule has 0 radical (unpaired) electrons. The Morgan fingerprint density at radius 2 is 1.89 bits per heavy atom. The van der Waals surface area contributed by atoms with Crippen molar-refractivity contribution in [1.82, 2.24) is 4.31 Å². The number of nitrogens with two attached hydrogens (primary N) is 1. The molecule has 1 aromatic carbocycles. The van der Waals surface area contributed by atoms with Crippen LogP contribution in [0.3, 0.4) is 0 Å². The lowest BCUT2D eigenvalue weighted by atomic mass is 9.97. The number of hydrogen-bond donors (Lipinski definition) is 1. The molecular weight excluding hydrogens is 316 g/mol. The number of hydrogen-bond acceptors (Lipinski definition) is 3. The van der Waals surface area contributed by atoms with Crippen LogP contribution in [0, 0.1) is 5.41 Å². The van der Waals surface area contributed by atoms with Crippen LogP contribution >= 0.6 is 15.9 Å². The van der Waals surface area contributed by atoms with Gasteiger partial charge in [-0.2, -0.15) is 0 Å². The Hall–Kier alpha value is -0.590. The monoisotopic (exact) mass is 334 g/mol. The molecule has 0 aliphatic rings. The third-order valence-electron chi connectivity index (χ3n) is 2.34. The molecule has 1 aromatic rings. The van der Waals surface area contributed by atoms with E-state index in [9.17, 15) is 8.42 Å². The van der Waals surface area contributed by atoms with Crippen LogP contribution in [0.4, 0.5) is 5.69 Å². The fourth-order valence-corrected chi connectivity index (χ4v) is 3.99. The third-order valence-corrected chi connectivity index (χ3v) is 5.14. The Labute approximate surface area is 117 Å². The molecule has 2 N–H and O–H groups in total. The van der Waals surface area contributed by atoms with Gasteiger partial charge in [-0.05, 0) is 39.5 Å². The fourth-order valence-electron chi connectivity index (χ4n) is 1.64. The van der Waals surface area contributed by atoms with E-state index in [1.54, 1.807) is 19.2 Å². The van der Waals surface area contributed by atoms with E-state index in [4.69, 9.17) is 5.73 Å². The highest BCUT2D eigenvalue weighted by Crippen LogP contribution is 2.28. The van der Waals surface area contributed by atoms with Gasteiger partial charge in [-0.25, -0.2) is 12.7 Å². The van der Waals surface area contributed by atoms with E-state index in [1.807, 2.05) is 20.8 Å². The van der Waals surface area contributed by atoms with Gasteiger partial charge >= 0.3 is 0 Å². The predicted octanol–water partition coefficient (Wildman–Crippen LogP) is 2.70. The second-order valence-electron chi connectivity index (χ2n) is 5.51. The normalized spacial score (nSPS) is 13.0. The first kappa shape index (κ1) is 15.5. The highest BCUT2D eigenvalue weighted by Gasteiger charge is 2.27. The molecule has 4 nitrogen and oxygen atoms in total. The van der Waals surface area contributed by atoms with Crippen LogP contribution in [0.1, 0.15) is 20.8 Å². The van der Waals surface area contributed by atoms with Gasteiger partial charge in [0.1, 0.15) is 0 Å². The third kappa shape index (κ3) is 3.70. The Morgan fingerprint density at radius 1 is 1.33 bits per heavy atom. The van der Waals surface area contributed by atoms with Crippen LogP contribution in [-0.2, 0) is 10.0 Å². The van der Waals surface area contributed by atoms with Gasteiger partial charge in [0.15, 0.2) is 0 Å². The maximum Gasteiger partial charge on any atom is 0.244 e. The molecular formula is C12H19BrN2O2S. The Kier molecular flexibility index (Phi) is 4.46. The fraction of sp³-hybridized carbons (Fsp3) is 0.500. The lowest BCUT2D eigenvalue weighted by Gasteiger charge is -2.26. The predicted molar refractivity (Wildman–Crippen MR) is 77.8 cm³/mol. The van der Waals surface area contributed by atoms with Crippen LogP contribution in [-0.4, -0.2) is 26.3 Å². The number of sulfonamides is 1. The quantitative estimate of drug-likeness (QED) is 0.864. The molecule has 0 saturated heterocycles. The minimum absolute atomic E-state index is 0.103. The van der Waals surface area contributed by atoms with E-state index in [0.29, 0.717) is 16.7 Å². The number of benzene rings is 1. The average Bonchev–Trinajstić information content (AvgIpc) is 2.19. The van der Waals surface area contributed by atoms with Crippen LogP contribution in [0.2, 0.25) is 0 Å². The summed E-state index contributed by atoms with van der Waals surface area (Å²) in [5, 5.41) is 0. The molecule has 0 amide bonds. The summed E-state index contributed by atoms with van der Waals surface area (Å²) in [5.74, 6) is 0. The second kappa shape index (κ2) is 5.19. The van der Waals surface area contributed by atoms with Gasteiger partial charge < -0.3 is 5.73 Å². The van der Waals surface area contributed by atoms with E-state index in [0.717, 1.165) is 0 Å². The number of anilines is 1. The largest absolute Gasteiger partial charge is 0.399 e. The topological polar surface area (TPSA) is 63.4 Å². The van der Waals surface area contributed by atoms with Crippen molar-refractivity contribution >= 4 is 31.6 Å². The number of nitrogens with zero attached hydrogens (tertiary/aromatic N) is 1. The maximum atomic E-state index is 12.4. The molecule has 0 fully saturated rings. The molecule has 0 heterocycles. The van der Waals surface area contributed by atoms with Gasteiger partial charge in [-0.15, -0.1) is 0 Å². The molecule has 0 atom stereocenters. The van der Waals surface area contributed by atoms with Crippen LogP contribution in [0.5, 0.6) is 0 Å².